The van der Waals surface area contributed by atoms with Gasteiger partial charge in [0.2, 0.25) is 0 Å². The summed E-state index contributed by atoms with van der Waals surface area (Å²) < 4.78 is 15.2. The molecule has 0 unspecified atom stereocenters. The van der Waals surface area contributed by atoms with Crippen LogP contribution in [-0.2, 0) is 16.0 Å². The van der Waals surface area contributed by atoms with Gasteiger partial charge >= 0.3 is 0 Å². The molecule has 4 aromatic rings. The van der Waals surface area contributed by atoms with Crippen LogP contribution in [0.15, 0.2) is 48.9 Å². The van der Waals surface area contributed by atoms with Crippen molar-refractivity contribution in [1.29, 1.82) is 0 Å². The molecule has 8 nitrogen and oxygen atoms in total. The van der Waals surface area contributed by atoms with E-state index in [4.69, 9.17) is 36.1 Å². The number of hydrogen-bond donors (Lipinski definition) is 0. The molecule has 1 aromatic carbocycles. The van der Waals surface area contributed by atoms with Crippen molar-refractivity contribution < 1.29 is 9.47 Å². The van der Waals surface area contributed by atoms with Crippen molar-refractivity contribution in [1.82, 2.24) is 24.3 Å². The van der Waals surface area contributed by atoms with Gasteiger partial charge in [0.1, 0.15) is 5.52 Å². The van der Waals surface area contributed by atoms with E-state index in [-0.39, 0.29) is 0 Å². The largest absolute Gasteiger partial charge is 0.381 e. The van der Waals surface area contributed by atoms with E-state index in [1.54, 1.807) is 0 Å². The summed E-state index contributed by atoms with van der Waals surface area (Å²) >= 11 is 6.20. The fraction of sp³-hybridized carbons (Fsp3) is 0.400. The molecule has 176 valence electrons. The van der Waals surface area contributed by atoms with Gasteiger partial charge in [-0.1, -0.05) is 23.7 Å². The zero-order valence-corrected chi connectivity index (χ0v) is 19.7. The van der Waals surface area contributed by atoms with Crippen molar-refractivity contribution in [2.75, 3.05) is 44.4 Å². The topological polar surface area (TPSA) is 70.2 Å². The monoisotopic (exact) mass is 478 g/mol. The van der Waals surface area contributed by atoms with Crippen LogP contribution in [0.1, 0.15) is 12.8 Å². The fourth-order valence-corrected chi connectivity index (χ4v) is 4.95. The molecule has 9 heteroatoms. The summed E-state index contributed by atoms with van der Waals surface area (Å²) in [5, 5.41) is 5.51. The quantitative estimate of drug-likeness (QED) is 0.428. The predicted octanol–water partition coefficient (Wildman–Crippen LogP) is 4.20. The van der Waals surface area contributed by atoms with Crippen LogP contribution >= 0.6 is 11.6 Å². The van der Waals surface area contributed by atoms with Crippen LogP contribution in [0, 0.1) is 5.92 Å². The van der Waals surface area contributed by atoms with Crippen LogP contribution in [0.5, 0.6) is 0 Å². The van der Waals surface area contributed by atoms with E-state index >= 15 is 0 Å². The molecule has 0 bridgehead atoms. The summed E-state index contributed by atoms with van der Waals surface area (Å²) in [4.78, 5) is 12.2. The number of anilines is 1. The molecule has 2 fully saturated rings. The van der Waals surface area contributed by atoms with Gasteiger partial charge in [0.05, 0.1) is 30.9 Å². The second kappa shape index (κ2) is 9.37. The Morgan fingerprint density at radius 3 is 2.65 bits per heavy atom. The van der Waals surface area contributed by atoms with E-state index in [0.29, 0.717) is 24.2 Å². The van der Waals surface area contributed by atoms with Crippen molar-refractivity contribution in [3.05, 3.63) is 53.9 Å². The van der Waals surface area contributed by atoms with Crippen molar-refractivity contribution in [3.63, 3.8) is 0 Å². The molecular weight excluding hydrogens is 452 g/mol. The van der Waals surface area contributed by atoms with Gasteiger partial charge < -0.3 is 18.9 Å². The van der Waals surface area contributed by atoms with Gasteiger partial charge in [-0.2, -0.15) is 5.10 Å². The highest BCUT2D eigenvalue weighted by Crippen LogP contribution is 2.30. The lowest BCUT2D eigenvalue weighted by molar-refractivity contribution is 0.0615. The number of halogens is 1. The highest BCUT2D eigenvalue weighted by Gasteiger charge is 2.22. The lowest BCUT2D eigenvalue weighted by Gasteiger charge is -2.29. The molecule has 2 aliphatic rings. The highest BCUT2D eigenvalue weighted by atomic mass is 35.5. The molecule has 3 aromatic heterocycles. The molecular formula is C25H27ClN6O2. The summed E-state index contributed by atoms with van der Waals surface area (Å²) in [6.07, 6.45) is 6.02. The van der Waals surface area contributed by atoms with Gasteiger partial charge in [-0.05, 0) is 37.0 Å². The van der Waals surface area contributed by atoms with E-state index in [1.807, 2.05) is 47.5 Å². The molecule has 5 heterocycles. The van der Waals surface area contributed by atoms with Crippen LogP contribution in [-0.4, -0.2) is 63.8 Å². The Hall–Kier alpha value is -2.94. The molecule has 34 heavy (non-hydrogen) atoms. The molecule has 0 radical (unpaired) electrons. The first kappa shape index (κ1) is 21.6. The normalized spacial score (nSPS) is 17.5. The fourth-order valence-electron chi connectivity index (χ4n) is 4.76. The van der Waals surface area contributed by atoms with E-state index < -0.39 is 0 Å². The Labute approximate surface area is 203 Å². The number of pyridine rings is 1. The van der Waals surface area contributed by atoms with Crippen molar-refractivity contribution >= 4 is 28.5 Å². The lowest BCUT2D eigenvalue weighted by atomic mass is 10.0. The van der Waals surface area contributed by atoms with Crippen molar-refractivity contribution in [2.45, 2.75) is 19.4 Å². The molecule has 2 saturated heterocycles. The number of fused-ring (bicyclic) bond motifs is 1. The second-order valence-corrected chi connectivity index (χ2v) is 9.32. The van der Waals surface area contributed by atoms with Crippen molar-refractivity contribution in [2.24, 2.45) is 5.92 Å². The number of hydrogen-bond acceptors (Lipinski definition) is 6. The number of morpholine rings is 1. The van der Waals surface area contributed by atoms with Gasteiger partial charge in [-0.15, -0.1) is 0 Å². The van der Waals surface area contributed by atoms with Gasteiger partial charge in [0.15, 0.2) is 11.5 Å². The first-order valence-corrected chi connectivity index (χ1v) is 12.2. The van der Waals surface area contributed by atoms with Gasteiger partial charge in [0, 0.05) is 55.7 Å². The Balaban J connectivity index is 1.41. The number of nitrogens with zero attached hydrogens (tertiary/aromatic N) is 6. The molecule has 2 aliphatic heterocycles. The van der Waals surface area contributed by atoms with Crippen LogP contribution in [0.3, 0.4) is 0 Å². The Kier molecular flexibility index (Phi) is 5.95. The summed E-state index contributed by atoms with van der Waals surface area (Å²) in [6, 6.07) is 11.8. The third-order valence-corrected chi connectivity index (χ3v) is 6.87. The van der Waals surface area contributed by atoms with E-state index in [1.165, 1.54) is 0 Å². The minimum absolute atomic E-state index is 0.572. The predicted molar refractivity (Wildman–Crippen MR) is 132 cm³/mol. The zero-order chi connectivity index (χ0) is 22.9. The van der Waals surface area contributed by atoms with Crippen molar-refractivity contribution in [3.8, 4) is 17.1 Å². The summed E-state index contributed by atoms with van der Waals surface area (Å²) in [5.74, 6) is 1.35. The van der Waals surface area contributed by atoms with Crippen LogP contribution in [0.2, 0.25) is 5.02 Å². The molecule has 0 spiro atoms. The number of imidazole rings is 1. The summed E-state index contributed by atoms with van der Waals surface area (Å²) in [6.45, 7) is 5.64. The molecule has 0 N–H and O–H groups in total. The van der Waals surface area contributed by atoms with E-state index in [2.05, 4.69) is 15.5 Å². The summed E-state index contributed by atoms with van der Waals surface area (Å²) in [5.41, 5.74) is 4.73. The Morgan fingerprint density at radius 1 is 1.00 bits per heavy atom. The maximum absolute atomic E-state index is 6.20. The zero-order valence-electron chi connectivity index (χ0n) is 18.9. The summed E-state index contributed by atoms with van der Waals surface area (Å²) in [7, 11) is 0. The van der Waals surface area contributed by atoms with E-state index in [9.17, 15) is 0 Å². The number of ether oxygens (including phenoxy) is 2. The van der Waals surface area contributed by atoms with Crippen LogP contribution in [0.25, 0.3) is 28.2 Å². The third-order valence-electron chi connectivity index (χ3n) is 6.63. The number of rotatable bonds is 5. The molecule has 6 rings (SSSR count). The standard InChI is InChI=1S/C25H27ClN6O2/c26-20-3-1-2-19(14-20)21-4-7-32(29-21)23-15-22(30-8-12-34-13-9-30)24-25(28-23)31(17-27-24)16-18-5-10-33-11-6-18/h1-4,7,14-15,17-18H,5-6,8-13,16H2. The molecule has 0 atom stereocenters. The van der Waals surface area contributed by atoms with Gasteiger partial charge in [0.25, 0.3) is 0 Å². The first-order valence-electron chi connectivity index (χ1n) is 11.8. The molecule has 0 saturated carbocycles. The number of aromatic nitrogens is 5. The second-order valence-electron chi connectivity index (χ2n) is 8.88. The highest BCUT2D eigenvalue weighted by molar-refractivity contribution is 6.30. The Morgan fingerprint density at radius 2 is 1.82 bits per heavy atom. The SMILES string of the molecule is Clc1cccc(-c2ccn(-c3cc(N4CCOCC4)c4ncn(CC5CCOCC5)c4n3)n2)c1. The first-order chi connectivity index (χ1) is 16.7. The Bertz CT molecular complexity index is 1290. The molecule has 0 aliphatic carbocycles. The maximum Gasteiger partial charge on any atom is 0.164 e. The maximum atomic E-state index is 6.20. The van der Waals surface area contributed by atoms with Crippen LogP contribution in [0.4, 0.5) is 5.69 Å². The minimum Gasteiger partial charge on any atom is -0.381 e. The van der Waals surface area contributed by atoms with Gasteiger partial charge in [-0.3, -0.25) is 0 Å². The third kappa shape index (κ3) is 4.29. The smallest absolute Gasteiger partial charge is 0.164 e. The number of benzene rings is 1. The van der Waals surface area contributed by atoms with Crippen LogP contribution < -0.4 is 4.90 Å². The molecule has 0 amide bonds. The van der Waals surface area contributed by atoms with E-state index in [0.717, 1.165) is 79.6 Å². The van der Waals surface area contributed by atoms with Gasteiger partial charge in [-0.25, -0.2) is 14.6 Å². The minimum atomic E-state index is 0.572. The lowest BCUT2D eigenvalue weighted by Crippen LogP contribution is -2.36. The average Bonchev–Trinajstić information content (AvgIpc) is 3.53. The average molecular weight is 479 g/mol.